The van der Waals surface area contributed by atoms with Crippen molar-refractivity contribution in [3.05, 3.63) is 30.1 Å². The van der Waals surface area contributed by atoms with E-state index >= 15 is 0 Å². The first-order valence-electron chi connectivity index (χ1n) is 7.35. The van der Waals surface area contributed by atoms with E-state index in [2.05, 4.69) is 14.6 Å². The first-order chi connectivity index (χ1) is 10.8. The van der Waals surface area contributed by atoms with Gasteiger partial charge in [-0.2, -0.15) is 0 Å². The molecule has 1 saturated heterocycles. The fraction of sp³-hybridized carbons (Fsp3) is 0.500. The smallest absolute Gasteiger partial charge is 0.208 e. The van der Waals surface area contributed by atoms with E-state index in [0.717, 1.165) is 25.0 Å². The minimum atomic E-state index is -3.19. The van der Waals surface area contributed by atoms with E-state index < -0.39 is 10.0 Å². The molecule has 1 aliphatic heterocycles. The van der Waals surface area contributed by atoms with Crippen molar-refractivity contribution in [2.24, 2.45) is 10.7 Å². The number of rotatable bonds is 5. The molecule has 0 radical (unpaired) electrons. The summed E-state index contributed by atoms with van der Waals surface area (Å²) in [6.45, 7) is 3.50. The number of nitrogens with two attached hydrogens (primary N) is 1. The van der Waals surface area contributed by atoms with Gasteiger partial charge in [-0.25, -0.2) is 17.5 Å². The molecular formula is C14H22FN5O2S. The molecule has 0 saturated carbocycles. The lowest BCUT2D eigenvalue weighted by Crippen LogP contribution is -2.51. The third kappa shape index (κ3) is 5.68. The molecule has 0 amide bonds. The number of aliphatic imine (C=N–C) groups is 1. The van der Waals surface area contributed by atoms with Gasteiger partial charge in [-0.15, -0.1) is 0 Å². The van der Waals surface area contributed by atoms with Crippen molar-refractivity contribution in [2.75, 3.05) is 50.4 Å². The molecule has 0 aromatic heterocycles. The van der Waals surface area contributed by atoms with Crippen LogP contribution in [0.1, 0.15) is 0 Å². The summed E-state index contributed by atoms with van der Waals surface area (Å²) in [7, 11) is -3.19. The largest absolute Gasteiger partial charge is 0.370 e. The number of benzene rings is 1. The lowest BCUT2D eigenvalue weighted by molar-refractivity contribution is 0.381. The van der Waals surface area contributed by atoms with Crippen LogP contribution in [0.5, 0.6) is 0 Å². The second-order valence-electron chi connectivity index (χ2n) is 5.36. The quantitative estimate of drug-likeness (QED) is 0.439. The number of piperazine rings is 1. The van der Waals surface area contributed by atoms with E-state index in [4.69, 9.17) is 5.73 Å². The molecule has 0 unspecified atom stereocenters. The predicted molar refractivity (Wildman–Crippen MR) is 89.5 cm³/mol. The van der Waals surface area contributed by atoms with Gasteiger partial charge in [-0.1, -0.05) is 0 Å². The van der Waals surface area contributed by atoms with Crippen LogP contribution in [0.3, 0.4) is 0 Å². The summed E-state index contributed by atoms with van der Waals surface area (Å²) in [5.74, 6) is 0.172. The van der Waals surface area contributed by atoms with Crippen molar-refractivity contribution in [2.45, 2.75) is 0 Å². The van der Waals surface area contributed by atoms with Gasteiger partial charge >= 0.3 is 0 Å². The second-order valence-corrected chi connectivity index (χ2v) is 7.19. The predicted octanol–water partition coefficient (Wildman–Crippen LogP) is -0.188. The number of sulfonamides is 1. The van der Waals surface area contributed by atoms with Crippen LogP contribution in [0.2, 0.25) is 0 Å². The van der Waals surface area contributed by atoms with Crippen LogP contribution in [-0.2, 0) is 10.0 Å². The van der Waals surface area contributed by atoms with Crippen LogP contribution in [0, 0.1) is 5.82 Å². The molecule has 1 aromatic carbocycles. The van der Waals surface area contributed by atoms with E-state index in [0.29, 0.717) is 25.6 Å². The summed E-state index contributed by atoms with van der Waals surface area (Å²) >= 11 is 0. The second kappa shape index (κ2) is 7.60. The maximum Gasteiger partial charge on any atom is 0.208 e. The first kappa shape index (κ1) is 17.5. The highest BCUT2D eigenvalue weighted by Crippen LogP contribution is 2.16. The van der Waals surface area contributed by atoms with Crippen LogP contribution < -0.4 is 15.4 Å². The molecule has 0 spiro atoms. The molecule has 0 atom stereocenters. The number of nitrogens with zero attached hydrogens (tertiary/aromatic N) is 3. The Bertz CT molecular complexity index is 640. The highest BCUT2D eigenvalue weighted by molar-refractivity contribution is 7.88. The molecule has 23 heavy (non-hydrogen) atoms. The average molecular weight is 343 g/mol. The number of hydrogen-bond acceptors (Lipinski definition) is 4. The van der Waals surface area contributed by atoms with Gasteiger partial charge in [0.15, 0.2) is 5.96 Å². The molecule has 1 aliphatic rings. The van der Waals surface area contributed by atoms with E-state index in [1.807, 2.05) is 4.90 Å². The number of halogens is 1. The van der Waals surface area contributed by atoms with Crippen molar-refractivity contribution < 1.29 is 12.8 Å². The van der Waals surface area contributed by atoms with Crippen molar-refractivity contribution in [3.8, 4) is 0 Å². The lowest BCUT2D eigenvalue weighted by atomic mass is 10.2. The Morgan fingerprint density at radius 1 is 1.26 bits per heavy atom. The molecule has 0 bridgehead atoms. The summed E-state index contributed by atoms with van der Waals surface area (Å²) in [6.07, 6.45) is 1.11. The molecule has 3 N–H and O–H groups in total. The molecular weight excluding hydrogens is 321 g/mol. The van der Waals surface area contributed by atoms with Crippen molar-refractivity contribution in [1.82, 2.24) is 9.62 Å². The van der Waals surface area contributed by atoms with Gasteiger partial charge in [0.1, 0.15) is 5.82 Å². The molecule has 9 heteroatoms. The molecule has 128 valence electrons. The maximum absolute atomic E-state index is 12.9. The molecule has 2 rings (SSSR count). The van der Waals surface area contributed by atoms with Gasteiger partial charge in [0, 0.05) is 38.4 Å². The molecule has 1 aromatic rings. The maximum atomic E-state index is 12.9. The van der Waals surface area contributed by atoms with Crippen LogP contribution in [-0.4, -0.2) is 64.8 Å². The van der Waals surface area contributed by atoms with Crippen LogP contribution in [0.25, 0.3) is 0 Å². The SMILES string of the molecule is CS(=O)(=O)NCCN=C(N)N1CCN(c2ccc(F)cc2)CC1. The van der Waals surface area contributed by atoms with Crippen LogP contribution >= 0.6 is 0 Å². The van der Waals surface area contributed by atoms with E-state index in [-0.39, 0.29) is 12.4 Å². The fourth-order valence-electron chi connectivity index (χ4n) is 2.35. The molecule has 1 heterocycles. The summed E-state index contributed by atoms with van der Waals surface area (Å²) < 4.78 is 37.2. The first-order valence-corrected chi connectivity index (χ1v) is 9.24. The summed E-state index contributed by atoms with van der Waals surface area (Å²) in [5, 5.41) is 0. The van der Waals surface area contributed by atoms with Gasteiger partial charge in [-0.05, 0) is 24.3 Å². The third-order valence-electron chi connectivity index (χ3n) is 3.55. The number of guanidine groups is 1. The Balaban J connectivity index is 1.80. The number of anilines is 1. The van der Waals surface area contributed by atoms with Gasteiger partial charge in [0.2, 0.25) is 10.0 Å². The standard InChI is InChI=1S/C14H22FN5O2S/c1-23(21,22)18-7-6-17-14(16)20-10-8-19(9-11-20)13-4-2-12(15)3-5-13/h2-5,18H,6-11H2,1H3,(H2,16,17). The highest BCUT2D eigenvalue weighted by Gasteiger charge is 2.18. The van der Waals surface area contributed by atoms with Gasteiger partial charge in [0.05, 0.1) is 12.8 Å². The topological polar surface area (TPSA) is 91.0 Å². The highest BCUT2D eigenvalue weighted by atomic mass is 32.2. The zero-order valence-electron chi connectivity index (χ0n) is 13.1. The van der Waals surface area contributed by atoms with E-state index in [9.17, 15) is 12.8 Å². The summed E-state index contributed by atoms with van der Waals surface area (Å²) in [6, 6.07) is 6.43. The number of hydrogen-bond donors (Lipinski definition) is 2. The Labute approximate surface area is 136 Å². The minimum absolute atomic E-state index is 0.231. The fourth-order valence-corrected chi connectivity index (χ4v) is 2.81. The summed E-state index contributed by atoms with van der Waals surface area (Å²) in [4.78, 5) is 8.31. The van der Waals surface area contributed by atoms with Gasteiger partial charge < -0.3 is 15.5 Å². The Morgan fingerprint density at radius 2 is 1.87 bits per heavy atom. The Morgan fingerprint density at radius 3 is 2.43 bits per heavy atom. The third-order valence-corrected chi connectivity index (χ3v) is 4.27. The molecule has 1 fully saturated rings. The molecule has 7 nitrogen and oxygen atoms in total. The normalized spacial score (nSPS) is 16.7. The number of nitrogens with one attached hydrogen (secondary N) is 1. The van der Waals surface area contributed by atoms with Crippen LogP contribution in [0.4, 0.5) is 10.1 Å². The van der Waals surface area contributed by atoms with Crippen molar-refractivity contribution in [1.29, 1.82) is 0 Å². The Hall–Kier alpha value is -1.87. The van der Waals surface area contributed by atoms with Crippen molar-refractivity contribution in [3.63, 3.8) is 0 Å². The minimum Gasteiger partial charge on any atom is -0.370 e. The zero-order chi connectivity index (χ0) is 16.9. The average Bonchev–Trinajstić information content (AvgIpc) is 2.51. The van der Waals surface area contributed by atoms with E-state index in [1.165, 1.54) is 12.1 Å². The monoisotopic (exact) mass is 343 g/mol. The van der Waals surface area contributed by atoms with Crippen molar-refractivity contribution >= 4 is 21.7 Å². The van der Waals surface area contributed by atoms with E-state index in [1.54, 1.807) is 12.1 Å². The Kier molecular flexibility index (Phi) is 5.78. The van der Waals surface area contributed by atoms with Gasteiger partial charge in [0.25, 0.3) is 0 Å². The molecule has 0 aliphatic carbocycles. The lowest BCUT2D eigenvalue weighted by Gasteiger charge is -2.36. The van der Waals surface area contributed by atoms with Crippen LogP contribution in [0.15, 0.2) is 29.3 Å². The van der Waals surface area contributed by atoms with Gasteiger partial charge in [-0.3, -0.25) is 4.99 Å². The zero-order valence-corrected chi connectivity index (χ0v) is 13.9. The summed E-state index contributed by atoms with van der Waals surface area (Å²) in [5.41, 5.74) is 6.92.